The summed E-state index contributed by atoms with van der Waals surface area (Å²) in [7, 11) is 0. The van der Waals surface area contributed by atoms with E-state index in [1.807, 2.05) is 58.0 Å². The number of hydrogen-bond donors (Lipinski definition) is 1. The molecular formula is C19H25N3O3. The maximum atomic E-state index is 12.9. The highest BCUT2D eigenvalue weighted by Gasteiger charge is 2.25. The van der Waals surface area contributed by atoms with Crippen LogP contribution in [0.15, 0.2) is 36.5 Å². The van der Waals surface area contributed by atoms with Gasteiger partial charge >= 0.3 is 5.97 Å². The van der Waals surface area contributed by atoms with Gasteiger partial charge in [-0.2, -0.15) is 5.10 Å². The van der Waals surface area contributed by atoms with Crippen LogP contribution in [0.2, 0.25) is 0 Å². The number of benzene rings is 1. The molecule has 0 atom stereocenters. The third-order valence-electron chi connectivity index (χ3n) is 4.00. The first-order chi connectivity index (χ1) is 11.7. The van der Waals surface area contributed by atoms with Gasteiger partial charge in [-0.15, -0.1) is 0 Å². The standard InChI is InChI=1S/C19H25N3O3/c1-14-16(12-20-22(14)19(2,3)4)18(25)21(13-17(23)24)11-10-15-8-6-5-7-9-15/h5-9,12H,10-11,13H2,1-4H3,(H,23,24). The zero-order chi connectivity index (χ0) is 18.6. The Morgan fingerprint density at radius 2 is 1.84 bits per heavy atom. The monoisotopic (exact) mass is 343 g/mol. The van der Waals surface area contributed by atoms with E-state index in [1.165, 1.54) is 11.1 Å². The second-order valence-electron chi connectivity index (χ2n) is 7.08. The number of carboxylic acid groups (broad SMARTS) is 1. The maximum Gasteiger partial charge on any atom is 0.323 e. The summed E-state index contributed by atoms with van der Waals surface area (Å²) in [5.41, 5.74) is 2.01. The number of carbonyl (C=O) groups excluding carboxylic acids is 1. The van der Waals surface area contributed by atoms with Gasteiger partial charge in [-0.3, -0.25) is 14.3 Å². The summed E-state index contributed by atoms with van der Waals surface area (Å²) in [5, 5.41) is 13.5. The lowest BCUT2D eigenvalue weighted by atomic mass is 10.1. The molecule has 1 N–H and O–H groups in total. The molecule has 25 heavy (non-hydrogen) atoms. The SMILES string of the molecule is Cc1c(C(=O)N(CCc2ccccc2)CC(=O)O)cnn1C(C)(C)C. The van der Waals surface area contributed by atoms with Crippen LogP contribution < -0.4 is 0 Å². The van der Waals surface area contributed by atoms with Crippen LogP contribution in [0.1, 0.15) is 42.4 Å². The predicted molar refractivity (Wildman–Crippen MR) is 95.6 cm³/mol. The fourth-order valence-corrected chi connectivity index (χ4v) is 2.79. The Morgan fingerprint density at radius 3 is 2.36 bits per heavy atom. The van der Waals surface area contributed by atoms with Gasteiger partial charge in [0.1, 0.15) is 6.54 Å². The van der Waals surface area contributed by atoms with Crippen LogP contribution in [-0.2, 0) is 16.8 Å². The lowest BCUT2D eigenvalue weighted by Crippen LogP contribution is -2.37. The largest absolute Gasteiger partial charge is 0.480 e. The molecule has 0 aliphatic rings. The summed E-state index contributed by atoms with van der Waals surface area (Å²) in [6.07, 6.45) is 2.13. The molecule has 2 rings (SSSR count). The second kappa shape index (κ2) is 7.51. The molecule has 0 spiro atoms. The fourth-order valence-electron chi connectivity index (χ4n) is 2.79. The van der Waals surface area contributed by atoms with Crippen LogP contribution in [0.5, 0.6) is 0 Å². The highest BCUT2D eigenvalue weighted by molar-refractivity contribution is 5.96. The average molecular weight is 343 g/mol. The molecular weight excluding hydrogens is 318 g/mol. The lowest BCUT2D eigenvalue weighted by molar-refractivity contribution is -0.137. The number of rotatable bonds is 6. The number of aromatic nitrogens is 2. The molecule has 0 aliphatic carbocycles. The normalized spacial score (nSPS) is 11.4. The highest BCUT2D eigenvalue weighted by Crippen LogP contribution is 2.19. The Hall–Kier alpha value is -2.63. The molecule has 1 aromatic carbocycles. The summed E-state index contributed by atoms with van der Waals surface area (Å²) in [6, 6.07) is 9.71. The number of nitrogens with zero attached hydrogens (tertiary/aromatic N) is 3. The minimum atomic E-state index is -1.03. The van der Waals surface area contributed by atoms with Crippen molar-refractivity contribution in [2.45, 2.75) is 39.7 Å². The van der Waals surface area contributed by atoms with Crippen molar-refractivity contribution in [2.24, 2.45) is 0 Å². The second-order valence-corrected chi connectivity index (χ2v) is 7.08. The molecule has 1 aromatic heterocycles. The van der Waals surface area contributed by atoms with E-state index in [2.05, 4.69) is 5.10 Å². The molecule has 1 heterocycles. The molecule has 0 aliphatic heterocycles. The van der Waals surface area contributed by atoms with Crippen LogP contribution in [0.3, 0.4) is 0 Å². The average Bonchev–Trinajstić information content (AvgIpc) is 2.93. The third kappa shape index (κ3) is 4.68. The number of carboxylic acids is 1. The topological polar surface area (TPSA) is 75.4 Å². The van der Waals surface area contributed by atoms with Gasteiger partial charge in [0.2, 0.25) is 0 Å². The van der Waals surface area contributed by atoms with E-state index >= 15 is 0 Å². The van der Waals surface area contributed by atoms with Crippen molar-refractivity contribution in [3.8, 4) is 0 Å². The van der Waals surface area contributed by atoms with Gasteiger partial charge in [0.05, 0.1) is 17.3 Å². The van der Waals surface area contributed by atoms with Gasteiger partial charge < -0.3 is 10.0 Å². The van der Waals surface area contributed by atoms with Crippen molar-refractivity contribution in [3.05, 3.63) is 53.3 Å². The van der Waals surface area contributed by atoms with Crippen molar-refractivity contribution < 1.29 is 14.7 Å². The summed E-state index contributed by atoms with van der Waals surface area (Å²) >= 11 is 0. The molecule has 6 nitrogen and oxygen atoms in total. The molecule has 2 aromatic rings. The Morgan fingerprint density at radius 1 is 1.20 bits per heavy atom. The zero-order valence-electron chi connectivity index (χ0n) is 15.2. The number of amides is 1. The minimum absolute atomic E-state index is 0.246. The first-order valence-corrected chi connectivity index (χ1v) is 8.30. The molecule has 0 saturated carbocycles. The van der Waals surface area contributed by atoms with E-state index in [-0.39, 0.29) is 18.0 Å². The van der Waals surface area contributed by atoms with E-state index in [9.17, 15) is 9.59 Å². The van der Waals surface area contributed by atoms with E-state index in [1.54, 1.807) is 4.68 Å². The predicted octanol–water partition coefficient (Wildman–Crippen LogP) is 2.72. The molecule has 0 unspecified atom stereocenters. The quantitative estimate of drug-likeness (QED) is 0.875. The first-order valence-electron chi connectivity index (χ1n) is 8.30. The van der Waals surface area contributed by atoms with Crippen LogP contribution >= 0.6 is 0 Å². The number of carbonyl (C=O) groups is 2. The van der Waals surface area contributed by atoms with Crippen LogP contribution in [0.25, 0.3) is 0 Å². The van der Waals surface area contributed by atoms with Gasteiger partial charge in [-0.25, -0.2) is 0 Å². The molecule has 6 heteroatoms. The molecule has 1 amide bonds. The van der Waals surface area contributed by atoms with E-state index in [0.29, 0.717) is 18.5 Å². The number of aliphatic carboxylic acids is 1. The third-order valence-corrected chi connectivity index (χ3v) is 4.00. The zero-order valence-corrected chi connectivity index (χ0v) is 15.2. The van der Waals surface area contributed by atoms with Crippen molar-refractivity contribution in [1.82, 2.24) is 14.7 Å². The minimum Gasteiger partial charge on any atom is -0.480 e. The highest BCUT2D eigenvalue weighted by atomic mass is 16.4. The van der Waals surface area contributed by atoms with Gasteiger partial charge in [0.25, 0.3) is 5.91 Å². The molecule has 134 valence electrons. The fraction of sp³-hybridized carbons (Fsp3) is 0.421. The summed E-state index contributed by atoms with van der Waals surface area (Å²) in [6.45, 7) is 7.87. The van der Waals surface area contributed by atoms with Crippen molar-refractivity contribution in [1.29, 1.82) is 0 Å². The van der Waals surface area contributed by atoms with Gasteiger partial charge in [0, 0.05) is 12.2 Å². The smallest absolute Gasteiger partial charge is 0.323 e. The summed E-state index contributed by atoms with van der Waals surface area (Å²) in [4.78, 5) is 25.4. The van der Waals surface area contributed by atoms with Gasteiger partial charge in [0.15, 0.2) is 0 Å². The molecule has 0 bridgehead atoms. The Balaban J connectivity index is 2.21. The van der Waals surface area contributed by atoms with E-state index in [0.717, 1.165) is 11.3 Å². The van der Waals surface area contributed by atoms with Crippen LogP contribution in [0, 0.1) is 6.92 Å². The Bertz CT molecular complexity index is 745. The van der Waals surface area contributed by atoms with Crippen LogP contribution in [-0.4, -0.2) is 44.8 Å². The first kappa shape index (κ1) is 18.7. The maximum absolute atomic E-state index is 12.9. The van der Waals surface area contributed by atoms with Gasteiger partial charge in [-0.05, 0) is 39.7 Å². The van der Waals surface area contributed by atoms with Crippen molar-refractivity contribution in [3.63, 3.8) is 0 Å². The van der Waals surface area contributed by atoms with E-state index in [4.69, 9.17) is 5.11 Å². The Labute approximate surface area is 148 Å². The van der Waals surface area contributed by atoms with Gasteiger partial charge in [-0.1, -0.05) is 30.3 Å². The van der Waals surface area contributed by atoms with Crippen molar-refractivity contribution >= 4 is 11.9 Å². The van der Waals surface area contributed by atoms with Crippen LogP contribution in [0.4, 0.5) is 0 Å². The molecule has 0 radical (unpaired) electrons. The van der Waals surface area contributed by atoms with E-state index < -0.39 is 5.97 Å². The summed E-state index contributed by atoms with van der Waals surface area (Å²) < 4.78 is 1.79. The Kier molecular flexibility index (Phi) is 5.62. The lowest BCUT2D eigenvalue weighted by Gasteiger charge is -2.23. The molecule has 0 saturated heterocycles. The van der Waals surface area contributed by atoms with Crippen molar-refractivity contribution in [2.75, 3.05) is 13.1 Å². The number of hydrogen-bond acceptors (Lipinski definition) is 3. The summed E-state index contributed by atoms with van der Waals surface area (Å²) in [5.74, 6) is -1.33. The molecule has 0 fully saturated rings.